The SMILES string of the molecule is Fc1ccccc1-n1cccc1[C@@H]1[C@@H](c2ccccn2)NC(=S)N1C[C@@H]1CCCO1. The predicted molar refractivity (Wildman–Crippen MR) is 117 cm³/mol. The molecule has 1 aromatic carbocycles. The van der Waals surface area contributed by atoms with Crippen LogP contribution in [0.1, 0.15) is 36.3 Å². The summed E-state index contributed by atoms with van der Waals surface area (Å²) in [4.78, 5) is 6.76. The van der Waals surface area contributed by atoms with Gasteiger partial charge >= 0.3 is 0 Å². The zero-order valence-corrected chi connectivity index (χ0v) is 17.3. The van der Waals surface area contributed by atoms with E-state index in [-0.39, 0.29) is 24.0 Å². The van der Waals surface area contributed by atoms with Crippen molar-refractivity contribution in [2.45, 2.75) is 31.0 Å². The van der Waals surface area contributed by atoms with Crippen LogP contribution in [0, 0.1) is 5.82 Å². The van der Waals surface area contributed by atoms with Gasteiger partial charge in [0.25, 0.3) is 0 Å². The molecular formula is C23H23FN4OS. The van der Waals surface area contributed by atoms with Crippen LogP contribution >= 0.6 is 12.2 Å². The normalized spacial score (nSPS) is 23.7. The summed E-state index contributed by atoms with van der Waals surface area (Å²) < 4.78 is 22.4. The Morgan fingerprint density at radius 2 is 2.00 bits per heavy atom. The molecule has 154 valence electrons. The van der Waals surface area contributed by atoms with Gasteiger partial charge in [-0.15, -0.1) is 0 Å². The lowest BCUT2D eigenvalue weighted by molar-refractivity contribution is 0.0836. The van der Waals surface area contributed by atoms with E-state index in [1.165, 1.54) is 6.07 Å². The van der Waals surface area contributed by atoms with E-state index in [1.807, 2.05) is 47.2 Å². The zero-order chi connectivity index (χ0) is 20.5. The highest BCUT2D eigenvalue weighted by molar-refractivity contribution is 7.80. The van der Waals surface area contributed by atoms with E-state index in [9.17, 15) is 4.39 Å². The highest BCUT2D eigenvalue weighted by atomic mass is 32.1. The van der Waals surface area contributed by atoms with Crippen molar-refractivity contribution >= 4 is 17.3 Å². The third-order valence-corrected chi connectivity index (χ3v) is 6.17. The minimum Gasteiger partial charge on any atom is -0.376 e. The van der Waals surface area contributed by atoms with Gasteiger partial charge in [-0.05, 0) is 61.5 Å². The average molecular weight is 423 g/mol. The molecule has 3 aromatic rings. The van der Waals surface area contributed by atoms with Gasteiger partial charge in [0.2, 0.25) is 0 Å². The van der Waals surface area contributed by atoms with E-state index in [2.05, 4.69) is 15.2 Å². The van der Waals surface area contributed by atoms with Crippen LogP contribution in [-0.4, -0.2) is 38.8 Å². The second-order valence-corrected chi connectivity index (χ2v) is 8.06. The molecule has 2 saturated heterocycles. The monoisotopic (exact) mass is 422 g/mol. The number of aromatic nitrogens is 2. The fourth-order valence-corrected chi connectivity index (χ4v) is 4.75. The molecule has 0 spiro atoms. The van der Waals surface area contributed by atoms with Gasteiger partial charge in [0.1, 0.15) is 5.82 Å². The fourth-order valence-electron chi connectivity index (χ4n) is 4.43. The van der Waals surface area contributed by atoms with Gasteiger partial charge in [-0.2, -0.15) is 0 Å². The van der Waals surface area contributed by atoms with E-state index < -0.39 is 0 Å². The number of hydrogen-bond acceptors (Lipinski definition) is 3. The quantitative estimate of drug-likeness (QED) is 0.626. The molecule has 4 heterocycles. The molecule has 1 N–H and O–H groups in total. The number of benzene rings is 1. The highest BCUT2D eigenvalue weighted by Gasteiger charge is 2.42. The van der Waals surface area contributed by atoms with Crippen LogP contribution in [0.25, 0.3) is 5.69 Å². The number of pyridine rings is 1. The van der Waals surface area contributed by atoms with Crippen LogP contribution in [0.3, 0.4) is 0 Å². The van der Waals surface area contributed by atoms with Crippen LogP contribution in [0.15, 0.2) is 67.0 Å². The lowest BCUT2D eigenvalue weighted by Crippen LogP contribution is -2.36. The van der Waals surface area contributed by atoms with Gasteiger partial charge in [0, 0.05) is 31.2 Å². The van der Waals surface area contributed by atoms with Gasteiger partial charge < -0.3 is 19.5 Å². The smallest absolute Gasteiger partial charge is 0.170 e. The number of nitrogens with one attached hydrogen (secondary N) is 1. The van der Waals surface area contributed by atoms with Crippen LogP contribution in [-0.2, 0) is 4.74 Å². The summed E-state index contributed by atoms with van der Waals surface area (Å²) in [7, 11) is 0. The number of thiocarbonyl (C=S) groups is 1. The third kappa shape index (κ3) is 3.48. The molecule has 0 unspecified atom stereocenters. The number of hydrogen-bond donors (Lipinski definition) is 1. The summed E-state index contributed by atoms with van der Waals surface area (Å²) in [5.41, 5.74) is 2.38. The predicted octanol–water partition coefficient (Wildman–Crippen LogP) is 4.16. The number of halogens is 1. The van der Waals surface area contributed by atoms with Crippen molar-refractivity contribution in [2.75, 3.05) is 13.2 Å². The zero-order valence-electron chi connectivity index (χ0n) is 16.4. The number of para-hydroxylation sites is 1. The minimum atomic E-state index is -0.261. The Labute approximate surface area is 180 Å². The van der Waals surface area contributed by atoms with E-state index >= 15 is 0 Å². The Balaban J connectivity index is 1.58. The maximum absolute atomic E-state index is 14.6. The minimum absolute atomic E-state index is 0.133. The number of rotatable bonds is 5. The van der Waals surface area contributed by atoms with E-state index in [0.717, 1.165) is 30.8 Å². The highest BCUT2D eigenvalue weighted by Crippen LogP contribution is 2.40. The summed E-state index contributed by atoms with van der Waals surface area (Å²) in [5.74, 6) is -0.261. The summed E-state index contributed by atoms with van der Waals surface area (Å²) in [6.45, 7) is 1.49. The van der Waals surface area contributed by atoms with Crippen molar-refractivity contribution in [3.8, 4) is 5.69 Å². The molecule has 2 aliphatic heterocycles. The maximum Gasteiger partial charge on any atom is 0.170 e. The molecule has 0 bridgehead atoms. The molecule has 2 fully saturated rings. The number of ether oxygens (including phenoxy) is 1. The lowest BCUT2D eigenvalue weighted by atomic mass is 10.0. The third-order valence-electron chi connectivity index (χ3n) is 5.82. The van der Waals surface area contributed by atoms with Crippen LogP contribution < -0.4 is 5.32 Å². The number of nitrogens with zero attached hydrogens (tertiary/aromatic N) is 3. The maximum atomic E-state index is 14.6. The van der Waals surface area contributed by atoms with Crippen molar-refractivity contribution in [3.05, 3.63) is 84.2 Å². The van der Waals surface area contributed by atoms with E-state index in [4.69, 9.17) is 17.0 Å². The second-order valence-electron chi connectivity index (χ2n) is 7.67. The first-order valence-corrected chi connectivity index (χ1v) is 10.6. The van der Waals surface area contributed by atoms with Gasteiger partial charge in [-0.1, -0.05) is 18.2 Å². The van der Waals surface area contributed by atoms with E-state index in [1.54, 1.807) is 18.3 Å². The lowest BCUT2D eigenvalue weighted by Gasteiger charge is -2.30. The molecule has 2 aromatic heterocycles. The largest absolute Gasteiger partial charge is 0.376 e. The standard InChI is InChI=1S/C23H23FN4OS/c24-17-8-1-2-10-19(17)27-13-5-11-20(27)22-21(18-9-3-4-12-25-18)26-23(30)28(22)15-16-7-6-14-29-16/h1-5,8-13,16,21-22H,6-7,14-15H2,(H,26,30)/t16-,21+,22+/m0/s1. The van der Waals surface area contributed by atoms with Crippen molar-refractivity contribution in [1.29, 1.82) is 0 Å². The summed E-state index contributed by atoms with van der Waals surface area (Å²) >= 11 is 5.74. The Bertz CT molecular complexity index is 1030. The molecule has 2 aliphatic rings. The molecular weight excluding hydrogens is 399 g/mol. The Hall–Kier alpha value is -2.77. The Morgan fingerprint density at radius 1 is 1.13 bits per heavy atom. The van der Waals surface area contributed by atoms with Crippen LogP contribution in [0.5, 0.6) is 0 Å². The molecule has 0 radical (unpaired) electrons. The average Bonchev–Trinajstić information content (AvgIpc) is 3.51. The summed E-state index contributed by atoms with van der Waals surface area (Å²) in [6.07, 6.45) is 5.92. The molecule has 7 heteroatoms. The first-order chi connectivity index (χ1) is 14.7. The van der Waals surface area contributed by atoms with E-state index in [0.29, 0.717) is 17.3 Å². The fraction of sp³-hybridized carbons (Fsp3) is 0.304. The first-order valence-electron chi connectivity index (χ1n) is 10.2. The molecule has 0 aliphatic carbocycles. The second kappa shape index (κ2) is 8.16. The Kier molecular flexibility index (Phi) is 5.23. The van der Waals surface area contributed by atoms with Crippen molar-refractivity contribution in [1.82, 2.24) is 19.8 Å². The van der Waals surface area contributed by atoms with Gasteiger partial charge in [0.05, 0.1) is 29.6 Å². The molecule has 5 rings (SSSR count). The molecule has 3 atom stereocenters. The molecule has 5 nitrogen and oxygen atoms in total. The summed E-state index contributed by atoms with van der Waals surface area (Å²) in [5, 5.41) is 4.13. The Morgan fingerprint density at radius 3 is 2.77 bits per heavy atom. The van der Waals surface area contributed by atoms with Gasteiger partial charge in [0.15, 0.2) is 5.11 Å². The topological polar surface area (TPSA) is 42.3 Å². The molecule has 0 amide bonds. The van der Waals surface area contributed by atoms with Crippen molar-refractivity contribution < 1.29 is 9.13 Å². The molecule has 0 saturated carbocycles. The van der Waals surface area contributed by atoms with Gasteiger partial charge in [-0.3, -0.25) is 4.98 Å². The van der Waals surface area contributed by atoms with Crippen LogP contribution in [0.4, 0.5) is 4.39 Å². The van der Waals surface area contributed by atoms with Crippen molar-refractivity contribution in [2.24, 2.45) is 0 Å². The van der Waals surface area contributed by atoms with Gasteiger partial charge in [-0.25, -0.2) is 4.39 Å². The van der Waals surface area contributed by atoms with Crippen molar-refractivity contribution in [3.63, 3.8) is 0 Å². The summed E-state index contributed by atoms with van der Waals surface area (Å²) in [6, 6.07) is 16.4. The molecule has 30 heavy (non-hydrogen) atoms. The van der Waals surface area contributed by atoms with Crippen LogP contribution in [0.2, 0.25) is 0 Å². The first kappa shape index (κ1) is 19.2.